The molecule has 4 heteroatoms. The van der Waals surface area contributed by atoms with Crippen molar-refractivity contribution in [3.05, 3.63) is 0 Å². The summed E-state index contributed by atoms with van der Waals surface area (Å²) in [7, 11) is 1.69. The number of hydrogen-bond acceptors (Lipinski definition) is 3. The third kappa shape index (κ3) is 2.32. The molecule has 0 spiro atoms. The lowest BCUT2D eigenvalue weighted by Gasteiger charge is -2.45. The maximum absolute atomic E-state index is 11.4. The van der Waals surface area contributed by atoms with Crippen LogP contribution in [0.4, 0.5) is 0 Å². The van der Waals surface area contributed by atoms with E-state index in [1.807, 2.05) is 6.92 Å². The number of piperidine rings is 3. The zero-order valence-corrected chi connectivity index (χ0v) is 9.62. The van der Waals surface area contributed by atoms with Crippen molar-refractivity contribution in [2.45, 2.75) is 31.8 Å². The van der Waals surface area contributed by atoms with Gasteiger partial charge in [-0.15, -0.1) is 0 Å². The van der Waals surface area contributed by atoms with Gasteiger partial charge in [0, 0.05) is 19.6 Å². The van der Waals surface area contributed by atoms with Crippen molar-refractivity contribution in [2.75, 3.05) is 26.7 Å². The van der Waals surface area contributed by atoms with Crippen LogP contribution in [0.15, 0.2) is 0 Å². The normalized spacial score (nSPS) is 36.3. The van der Waals surface area contributed by atoms with E-state index in [1.165, 1.54) is 25.9 Å². The van der Waals surface area contributed by atoms with Gasteiger partial charge in [0.25, 0.3) is 0 Å². The van der Waals surface area contributed by atoms with Crippen LogP contribution in [0, 0.1) is 5.92 Å². The molecule has 2 unspecified atom stereocenters. The Morgan fingerprint density at radius 3 is 2.53 bits per heavy atom. The van der Waals surface area contributed by atoms with Gasteiger partial charge in [-0.3, -0.25) is 4.79 Å². The molecule has 15 heavy (non-hydrogen) atoms. The molecular formula is C11H21N3O. The largest absolute Gasteiger partial charge is 0.358 e. The first-order valence-electron chi connectivity index (χ1n) is 5.90. The lowest BCUT2D eigenvalue weighted by Crippen LogP contribution is -2.59. The lowest BCUT2D eigenvalue weighted by molar-refractivity contribution is -0.122. The highest BCUT2D eigenvalue weighted by Crippen LogP contribution is 2.27. The lowest BCUT2D eigenvalue weighted by atomic mass is 9.84. The molecule has 2 atom stereocenters. The van der Waals surface area contributed by atoms with E-state index in [0.717, 1.165) is 12.5 Å². The molecule has 0 saturated carbocycles. The van der Waals surface area contributed by atoms with Gasteiger partial charge < -0.3 is 15.5 Å². The summed E-state index contributed by atoms with van der Waals surface area (Å²) in [5, 5.41) is 6.13. The first-order chi connectivity index (χ1) is 7.20. The van der Waals surface area contributed by atoms with E-state index in [4.69, 9.17) is 0 Å². The Bertz CT molecular complexity index is 236. The number of nitrogens with one attached hydrogen (secondary N) is 2. The van der Waals surface area contributed by atoms with Crippen LogP contribution in [-0.2, 0) is 4.79 Å². The second-order valence-corrected chi connectivity index (χ2v) is 4.75. The molecule has 3 aliphatic rings. The zero-order chi connectivity index (χ0) is 10.8. The van der Waals surface area contributed by atoms with E-state index in [9.17, 15) is 4.79 Å². The monoisotopic (exact) mass is 211 g/mol. The second-order valence-electron chi connectivity index (χ2n) is 4.75. The van der Waals surface area contributed by atoms with E-state index in [-0.39, 0.29) is 11.9 Å². The quantitative estimate of drug-likeness (QED) is 0.680. The van der Waals surface area contributed by atoms with Crippen LogP contribution in [0.25, 0.3) is 0 Å². The van der Waals surface area contributed by atoms with Crippen molar-refractivity contribution in [3.63, 3.8) is 0 Å². The van der Waals surface area contributed by atoms with Gasteiger partial charge in [-0.1, -0.05) is 0 Å². The fraction of sp³-hybridized carbons (Fsp3) is 0.909. The van der Waals surface area contributed by atoms with Crippen LogP contribution in [0.5, 0.6) is 0 Å². The Labute approximate surface area is 91.4 Å². The van der Waals surface area contributed by atoms with Gasteiger partial charge >= 0.3 is 0 Å². The molecular weight excluding hydrogens is 190 g/mol. The molecule has 3 saturated heterocycles. The standard InChI is InChI=1S/C11H21N3O/c1-8(11(15)12-2)13-10-7-14-5-3-9(10)4-6-14/h8-10,13H,3-7H2,1-2H3,(H,12,15). The van der Waals surface area contributed by atoms with E-state index in [2.05, 4.69) is 15.5 Å². The maximum atomic E-state index is 11.4. The molecule has 3 rings (SSSR count). The van der Waals surface area contributed by atoms with Crippen LogP contribution in [0.3, 0.4) is 0 Å². The summed E-state index contributed by atoms with van der Waals surface area (Å²) in [5.41, 5.74) is 0. The highest BCUT2D eigenvalue weighted by Gasteiger charge is 2.35. The minimum atomic E-state index is -0.0689. The van der Waals surface area contributed by atoms with Crippen molar-refractivity contribution < 1.29 is 4.79 Å². The Morgan fingerprint density at radius 2 is 2.07 bits per heavy atom. The van der Waals surface area contributed by atoms with E-state index >= 15 is 0 Å². The van der Waals surface area contributed by atoms with Gasteiger partial charge in [0.2, 0.25) is 5.91 Å². The van der Waals surface area contributed by atoms with E-state index in [1.54, 1.807) is 7.05 Å². The van der Waals surface area contributed by atoms with Crippen molar-refractivity contribution >= 4 is 5.91 Å². The number of carbonyl (C=O) groups is 1. The number of carbonyl (C=O) groups excluding carboxylic acids is 1. The average molecular weight is 211 g/mol. The molecule has 0 aliphatic carbocycles. The van der Waals surface area contributed by atoms with Gasteiger partial charge in [-0.2, -0.15) is 0 Å². The molecule has 2 N–H and O–H groups in total. The summed E-state index contributed by atoms with van der Waals surface area (Å²) in [4.78, 5) is 13.9. The summed E-state index contributed by atoms with van der Waals surface area (Å²) in [5.74, 6) is 0.869. The molecule has 4 nitrogen and oxygen atoms in total. The van der Waals surface area contributed by atoms with Gasteiger partial charge in [-0.05, 0) is 38.8 Å². The first kappa shape index (κ1) is 10.9. The molecule has 3 heterocycles. The third-order valence-corrected chi connectivity index (χ3v) is 3.76. The summed E-state index contributed by atoms with van der Waals surface area (Å²) in [6, 6.07) is 0.445. The fourth-order valence-electron chi connectivity index (χ4n) is 2.77. The minimum Gasteiger partial charge on any atom is -0.358 e. The highest BCUT2D eigenvalue weighted by molar-refractivity contribution is 5.80. The summed E-state index contributed by atoms with van der Waals surface area (Å²) < 4.78 is 0. The second kappa shape index (κ2) is 4.49. The summed E-state index contributed by atoms with van der Waals surface area (Å²) >= 11 is 0. The maximum Gasteiger partial charge on any atom is 0.236 e. The van der Waals surface area contributed by atoms with Crippen molar-refractivity contribution in [1.82, 2.24) is 15.5 Å². The number of fused-ring (bicyclic) bond motifs is 3. The molecule has 0 aromatic heterocycles. The van der Waals surface area contributed by atoms with Crippen LogP contribution >= 0.6 is 0 Å². The minimum absolute atomic E-state index is 0.0689. The van der Waals surface area contributed by atoms with Crippen LogP contribution in [0.1, 0.15) is 19.8 Å². The Hall–Kier alpha value is -0.610. The van der Waals surface area contributed by atoms with Crippen molar-refractivity contribution in [1.29, 1.82) is 0 Å². The SMILES string of the molecule is CNC(=O)C(C)NC1CN2CCC1CC2. The van der Waals surface area contributed by atoms with Gasteiger partial charge in [-0.25, -0.2) is 0 Å². The smallest absolute Gasteiger partial charge is 0.236 e. The molecule has 2 bridgehead atoms. The summed E-state index contributed by atoms with van der Waals surface area (Å²) in [6.45, 7) is 5.55. The van der Waals surface area contributed by atoms with Crippen LogP contribution < -0.4 is 10.6 Å². The van der Waals surface area contributed by atoms with E-state index < -0.39 is 0 Å². The number of rotatable bonds is 3. The molecule has 0 aromatic rings. The first-order valence-corrected chi connectivity index (χ1v) is 5.90. The van der Waals surface area contributed by atoms with Crippen molar-refractivity contribution in [2.24, 2.45) is 5.92 Å². The number of hydrogen-bond donors (Lipinski definition) is 2. The summed E-state index contributed by atoms with van der Waals surface area (Å²) in [6.07, 6.45) is 2.58. The Balaban J connectivity index is 1.87. The average Bonchev–Trinajstić information content (AvgIpc) is 2.29. The zero-order valence-electron chi connectivity index (χ0n) is 9.62. The van der Waals surface area contributed by atoms with Gasteiger partial charge in [0.05, 0.1) is 6.04 Å². The van der Waals surface area contributed by atoms with Crippen LogP contribution in [-0.4, -0.2) is 49.6 Å². The molecule has 3 aliphatic heterocycles. The number of nitrogens with zero attached hydrogens (tertiary/aromatic N) is 1. The fourth-order valence-corrected chi connectivity index (χ4v) is 2.77. The molecule has 0 aromatic carbocycles. The molecule has 86 valence electrons. The predicted octanol–water partition coefficient (Wildman–Crippen LogP) is -0.195. The third-order valence-electron chi connectivity index (χ3n) is 3.76. The predicted molar refractivity (Wildman–Crippen MR) is 59.6 cm³/mol. The molecule has 3 fully saturated rings. The van der Waals surface area contributed by atoms with E-state index in [0.29, 0.717) is 6.04 Å². The topological polar surface area (TPSA) is 44.4 Å². The molecule has 1 amide bonds. The Kier molecular flexibility index (Phi) is 3.26. The Morgan fingerprint density at radius 1 is 1.40 bits per heavy atom. The van der Waals surface area contributed by atoms with Gasteiger partial charge in [0.15, 0.2) is 0 Å². The highest BCUT2D eigenvalue weighted by atomic mass is 16.2. The molecule has 0 radical (unpaired) electrons. The number of amides is 1. The number of likely N-dealkylation sites (N-methyl/N-ethyl adjacent to an activating group) is 1. The van der Waals surface area contributed by atoms with Gasteiger partial charge in [0.1, 0.15) is 0 Å². The van der Waals surface area contributed by atoms with Crippen LogP contribution in [0.2, 0.25) is 0 Å². The van der Waals surface area contributed by atoms with Crippen molar-refractivity contribution in [3.8, 4) is 0 Å².